The van der Waals surface area contributed by atoms with Crippen LogP contribution in [0, 0.1) is 11.3 Å². The van der Waals surface area contributed by atoms with Crippen LogP contribution in [0.1, 0.15) is 97.5 Å². The molecule has 4 aliphatic rings. The van der Waals surface area contributed by atoms with E-state index in [0.717, 1.165) is 4.90 Å². The zero-order chi connectivity index (χ0) is 55.9. The third-order valence-electron chi connectivity index (χ3n) is 15.1. The van der Waals surface area contributed by atoms with E-state index in [4.69, 9.17) is 16.3 Å². The van der Waals surface area contributed by atoms with Gasteiger partial charge in [-0.15, -0.1) is 0 Å². The number of aromatic nitrogens is 2. The lowest BCUT2D eigenvalue weighted by Crippen LogP contribution is -2.63. The quantitative estimate of drug-likeness (QED) is 0.129. The second kappa shape index (κ2) is 25.4. The van der Waals surface area contributed by atoms with Gasteiger partial charge in [-0.05, 0) is 107 Å². The van der Waals surface area contributed by atoms with Gasteiger partial charge in [-0.1, -0.05) is 31.5 Å². The summed E-state index contributed by atoms with van der Waals surface area (Å²) >= 11 is 6.53. The van der Waals surface area contributed by atoms with Gasteiger partial charge in [0, 0.05) is 70.4 Å². The lowest BCUT2D eigenvalue weighted by atomic mass is 9.65. The molecule has 0 radical (unpaired) electrons. The van der Waals surface area contributed by atoms with E-state index in [-0.39, 0.29) is 44.6 Å². The van der Waals surface area contributed by atoms with Crippen LogP contribution in [0.3, 0.4) is 0 Å². The number of ether oxygens (including phenoxy) is 1. The van der Waals surface area contributed by atoms with Crippen LogP contribution in [0.15, 0.2) is 30.6 Å². The summed E-state index contributed by atoms with van der Waals surface area (Å²) in [5.41, 5.74) is -2.47. The molecule has 24 heteroatoms. The van der Waals surface area contributed by atoms with Gasteiger partial charge in [0.15, 0.2) is 0 Å². The molecular weight excluding hydrogens is 1020 g/mol. The van der Waals surface area contributed by atoms with Crippen molar-refractivity contribution in [2.45, 2.75) is 153 Å². The highest BCUT2D eigenvalue weighted by Gasteiger charge is 2.68. The Morgan fingerprint density at radius 3 is 2.37 bits per heavy atom. The SMILES string of the molecule is CC(C)C[C@@H]1NC(=O)[C@@H](N(C)C(=O)[C@H](CCCCN2CCOCC2)NC(=O)[C@@H]2C[C@@H](F)CN2C(=O)C2(C(F)(F)F)CC(O)C2)CCCCNC(=O)C(C)(C)NC(=O)[C@H](Cc2cc(Cl)ccc2-c2cnn(C)c2)N(C)C1=O. The Kier molecular flexibility index (Phi) is 20.0. The van der Waals surface area contributed by atoms with Crippen molar-refractivity contribution in [3.8, 4) is 11.1 Å². The van der Waals surface area contributed by atoms with E-state index in [9.17, 15) is 51.8 Å². The maximum Gasteiger partial charge on any atom is 0.403 e. The summed E-state index contributed by atoms with van der Waals surface area (Å²) in [6.07, 6.45) is -5.94. The van der Waals surface area contributed by atoms with Crippen LogP contribution in [0.25, 0.3) is 11.1 Å². The van der Waals surface area contributed by atoms with Gasteiger partial charge >= 0.3 is 6.18 Å². The Morgan fingerprint density at radius 1 is 1.04 bits per heavy atom. The fraction of sp³-hybridized carbons (Fsp3) is 0.692. The molecule has 5 N–H and O–H groups in total. The predicted molar refractivity (Wildman–Crippen MR) is 273 cm³/mol. The first kappa shape index (κ1) is 59.8. The molecule has 3 aliphatic heterocycles. The third kappa shape index (κ3) is 14.4. The molecule has 1 saturated carbocycles. The lowest BCUT2D eigenvalue weighted by molar-refractivity contribution is -0.267. The number of hydrogen-bond acceptors (Lipinski definition) is 11. The highest BCUT2D eigenvalue weighted by atomic mass is 35.5. The van der Waals surface area contributed by atoms with Crippen molar-refractivity contribution in [3.05, 3.63) is 41.2 Å². The Balaban J connectivity index is 1.30. The van der Waals surface area contributed by atoms with E-state index in [1.165, 1.54) is 32.8 Å². The second-order valence-corrected chi connectivity index (χ2v) is 22.3. The van der Waals surface area contributed by atoms with Crippen LogP contribution in [0.4, 0.5) is 17.6 Å². The number of likely N-dealkylation sites (tertiary alicyclic amines) is 1. The number of carbonyl (C=O) groups excluding carboxylic acids is 7. The Hall–Kier alpha value is -5.39. The number of hydrogen-bond donors (Lipinski definition) is 5. The monoisotopic (exact) mass is 1090 g/mol. The molecule has 0 spiro atoms. The van der Waals surface area contributed by atoms with Gasteiger partial charge in [-0.3, -0.25) is 43.1 Å². The zero-order valence-corrected chi connectivity index (χ0v) is 45.3. The molecule has 6 rings (SSSR count). The van der Waals surface area contributed by atoms with Gasteiger partial charge in [0.05, 0.1) is 32.1 Å². The standard InChI is InChI=1S/C52H75ClF4N10O9/c1-31(2)22-39-47(73)65(7)41(24-32-23-34(53)14-15-37(32)33-28-59-63(5)29-33)45(71)62-50(3,4)48(74)58-16-10-8-13-40(43(69)61-39)64(6)46(72)38(12-9-11-17-66-18-20-76-21-19-66)60-44(70)42-25-35(54)30-67(42)49(75)51(52(55,56)57)26-36(68)27-51/h14-15,23,28-29,31,35-36,38-42,68H,8-13,16-22,24-27,30H2,1-7H3,(H,58,74)(H,60,70)(H,61,69)(H,62,71)/t35-,36?,38+,39+,40+,41+,42+,51?/m1/s1. The van der Waals surface area contributed by atoms with E-state index in [1.807, 2.05) is 13.8 Å². The Morgan fingerprint density at radius 2 is 1.74 bits per heavy atom. The number of likely N-dealkylation sites (N-methyl/N-ethyl adjacent to an activating group) is 2. The third-order valence-corrected chi connectivity index (χ3v) is 15.4. The molecule has 0 unspecified atom stereocenters. The average Bonchev–Trinajstić information content (AvgIpc) is 3.97. The summed E-state index contributed by atoms with van der Waals surface area (Å²) in [5, 5.41) is 25.8. The molecule has 1 aliphatic carbocycles. The number of aliphatic hydroxyl groups excluding tert-OH is 1. The summed E-state index contributed by atoms with van der Waals surface area (Å²) < 4.78 is 65.6. The first-order valence-electron chi connectivity index (χ1n) is 26.2. The normalized spacial score (nSPS) is 26.8. The predicted octanol–water partition coefficient (Wildman–Crippen LogP) is 3.29. The highest BCUT2D eigenvalue weighted by molar-refractivity contribution is 6.30. The first-order valence-corrected chi connectivity index (χ1v) is 26.6. The number of nitrogens with one attached hydrogen (secondary N) is 4. The van der Waals surface area contributed by atoms with Gasteiger partial charge in [0.2, 0.25) is 41.4 Å². The minimum absolute atomic E-state index is 0.00829. The summed E-state index contributed by atoms with van der Waals surface area (Å²) in [4.78, 5) is 106. The number of aryl methyl sites for hydroxylation is 1. The molecule has 422 valence electrons. The van der Waals surface area contributed by atoms with Gasteiger partial charge in [0.1, 0.15) is 47.3 Å². The molecule has 19 nitrogen and oxygen atoms in total. The summed E-state index contributed by atoms with van der Waals surface area (Å²) in [6.45, 7) is 9.16. The number of amides is 7. The zero-order valence-electron chi connectivity index (χ0n) is 44.5. The largest absolute Gasteiger partial charge is 0.403 e. The molecule has 0 bridgehead atoms. The van der Waals surface area contributed by atoms with Crippen LogP contribution >= 0.6 is 11.6 Å². The molecule has 2 aromatic rings. The molecule has 1 aromatic carbocycles. The first-order chi connectivity index (χ1) is 35.7. The van der Waals surface area contributed by atoms with Crippen LogP contribution < -0.4 is 21.3 Å². The average molecular weight is 1100 g/mol. The molecule has 7 amide bonds. The second-order valence-electron chi connectivity index (χ2n) is 21.9. The molecule has 4 fully saturated rings. The number of nitrogens with zero attached hydrogens (tertiary/aromatic N) is 6. The maximum atomic E-state index is 15.2. The number of aliphatic hydroxyl groups is 1. The molecule has 6 atom stereocenters. The van der Waals surface area contributed by atoms with Crippen LogP contribution in [-0.4, -0.2) is 190 Å². The summed E-state index contributed by atoms with van der Waals surface area (Å²) in [6, 6.07) is -1.77. The van der Waals surface area contributed by atoms with Gasteiger partial charge in [-0.25, -0.2) is 4.39 Å². The van der Waals surface area contributed by atoms with Crippen molar-refractivity contribution in [2.75, 3.05) is 60.0 Å². The van der Waals surface area contributed by atoms with Crippen LogP contribution in [-0.2, 0) is 51.8 Å². The van der Waals surface area contributed by atoms with Crippen molar-refractivity contribution in [2.24, 2.45) is 18.4 Å². The molecule has 76 heavy (non-hydrogen) atoms. The van der Waals surface area contributed by atoms with Crippen molar-refractivity contribution in [1.29, 1.82) is 0 Å². The van der Waals surface area contributed by atoms with Gasteiger partial charge < -0.3 is 45.8 Å². The number of halogens is 5. The summed E-state index contributed by atoms with van der Waals surface area (Å²) in [7, 11) is 4.54. The van der Waals surface area contributed by atoms with E-state index < -0.39 is 127 Å². The minimum Gasteiger partial charge on any atom is -0.393 e. The van der Waals surface area contributed by atoms with Crippen molar-refractivity contribution in [3.63, 3.8) is 0 Å². The van der Waals surface area contributed by atoms with Gasteiger partial charge in [-0.2, -0.15) is 18.3 Å². The summed E-state index contributed by atoms with van der Waals surface area (Å²) in [5.74, 6) is -6.10. The number of unbranched alkanes of at least 4 members (excludes halogenated alkanes) is 1. The Bertz CT molecular complexity index is 2410. The molecule has 1 aromatic heterocycles. The molecular formula is C52H75ClF4N10O9. The smallest absolute Gasteiger partial charge is 0.393 e. The number of morpholine rings is 1. The van der Waals surface area contributed by atoms with Crippen molar-refractivity contribution >= 4 is 53.0 Å². The van der Waals surface area contributed by atoms with E-state index >= 15 is 4.39 Å². The minimum atomic E-state index is -5.10. The number of alkyl halides is 4. The van der Waals surface area contributed by atoms with Gasteiger partial charge in [0.25, 0.3) is 0 Å². The maximum absolute atomic E-state index is 15.2. The van der Waals surface area contributed by atoms with E-state index in [0.29, 0.717) is 78.7 Å². The fourth-order valence-corrected chi connectivity index (χ4v) is 10.8. The molecule has 3 saturated heterocycles. The Labute approximate surface area is 446 Å². The van der Waals surface area contributed by atoms with Crippen LogP contribution in [0.5, 0.6) is 0 Å². The van der Waals surface area contributed by atoms with E-state index in [2.05, 4.69) is 31.3 Å². The van der Waals surface area contributed by atoms with Crippen molar-refractivity contribution in [1.82, 2.24) is 50.6 Å². The number of rotatable bonds is 15. The number of carbonyl (C=O) groups is 7. The highest BCUT2D eigenvalue weighted by Crippen LogP contribution is 2.55. The van der Waals surface area contributed by atoms with Crippen molar-refractivity contribution < 1.29 is 61.0 Å². The van der Waals surface area contributed by atoms with Crippen LogP contribution in [0.2, 0.25) is 5.02 Å². The topological polar surface area (TPSA) is 228 Å². The van der Waals surface area contributed by atoms with E-state index in [1.54, 1.807) is 42.3 Å². The molecule has 4 heterocycles. The lowest BCUT2D eigenvalue weighted by Gasteiger charge is -2.47. The number of benzene rings is 1. The fourth-order valence-electron chi connectivity index (χ4n) is 10.6.